The second-order valence-corrected chi connectivity index (χ2v) is 18.2. The minimum absolute atomic E-state index is 0.212. The van der Waals surface area contributed by atoms with Crippen molar-refractivity contribution in [1.29, 1.82) is 0 Å². The molecule has 0 aliphatic carbocycles. The Balaban J connectivity index is 2.62. The Bertz CT molecular complexity index is 468. The average molecular weight is 399 g/mol. The number of hydrogen-bond donors (Lipinski definition) is 1. The normalized spacial score (nSPS) is 12.0. The molecule has 1 aromatic heterocycles. The molecule has 1 aromatic rings. The Morgan fingerprint density at radius 2 is 1.68 bits per heavy atom. The van der Waals surface area contributed by atoms with E-state index in [9.17, 15) is 4.79 Å². The van der Waals surface area contributed by atoms with Crippen LogP contribution in [0.1, 0.15) is 59.3 Å². The Morgan fingerprint density at radius 1 is 1.09 bits per heavy atom. The van der Waals surface area contributed by atoms with Gasteiger partial charge in [-0.15, -0.1) is 0 Å². The van der Waals surface area contributed by atoms with Crippen LogP contribution in [0.25, 0.3) is 0 Å². The molecular formula is C15H29NOPS4+. The van der Waals surface area contributed by atoms with Crippen molar-refractivity contribution in [2.75, 3.05) is 11.5 Å². The molecule has 0 amide bonds. The third-order valence-corrected chi connectivity index (χ3v) is 16.1. The molecule has 0 aromatic carbocycles. The highest BCUT2D eigenvalue weighted by molar-refractivity contribution is 9.17. The molecule has 0 aliphatic heterocycles. The first-order chi connectivity index (χ1) is 10.6. The standard InChI is InChI=1S/C15H29NOPS4/c1-4-7-8-9-10-11-12-16-15(17)14(13-20-16)18(19,21-5-2)22-6-3/h13,19H,4-12H2,1-3H3/q+1. The molecule has 22 heavy (non-hydrogen) atoms. The molecular weight excluding hydrogens is 369 g/mol. The third kappa shape index (κ3) is 6.43. The summed E-state index contributed by atoms with van der Waals surface area (Å²) in [6.07, 6.45) is 7.58. The second kappa shape index (κ2) is 11.5. The lowest BCUT2D eigenvalue weighted by molar-refractivity contribution is 0.569. The summed E-state index contributed by atoms with van der Waals surface area (Å²) in [4.78, 5) is 11.0. The minimum atomic E-state index is -1.69. The summed E-state index contributed by atoms with van der Waals surface area (Å²) in [5.41, 5.74) is 0.212. The largest absolute Gasteiger partial charge is 0.306 e. The highest BCUT2D eigenvalue weighted by atomic mass is 33.4. The molecule has 0 radical (unpaired) electrons. The van der Waals surface area contributed by atoms with E-state index >= 15 is 0 Å². The van der Waals surface area contributed by atoms with Crippen LogP contribution in [0.5, 0.6) is 0 Å². The van der Waals surface area contributed by atoms with Crippen molar-refractivity contribution in [2.24, 2.45) is 0 Å². The average Bonchev–Trinajstić information content (AvgIpc) is 2.85. The van der Waals surface area contributed by atoms with E-state index in [1.807, 2.05) is 26.7 Å². The van der Waals surface area contributed by atoms with E-state index in [-0.39, 0.29) is 5.56 Å². The first-order valence-electron chi connectivity index (χ1n) is 8.19. The molecule has 1 heterocycles. The number of hydrogen-bond acceptors (Lipinski definition) is 5. The van der Waals surface area contributed by atoms with Gasteiger partial charge in [0.05, 0.1) is 5.38 Å². The van der Waals surface area contributed by atoms with Gasteiger partial charge >= 0.3 is 5.56 Å². The van der Waals surface area contributed by atoms with Crippen molar-refractivity contribution in [3.63, 3.8) is 0 Å². The zero-order valence-electron chi connectivity index (χ0n) is 13.9. The van der Waals surface area contributed by atoms with Gasteiger partial charge in [-0.05, 0) is 6.42 Å². The molecule has 0 aliphatic rings. The maximum absolute atomic E-state index is 12.7. The van der Waals surface area contributed by atoms with Crippen molar-refractivity contribution in [3.8, 4) is 0 Å². The summed E-state index contributed by atoms with van der Waals surface area (Å²) in [6, 6.07) is 0. The molecule has 2 nitrogen and oxygen atoms in total. The maximum Gasteiger partial charge on any atom is 0.306 e. The van der Waals surface area contributed by atoms with Crippen LogP contribution in [0.3, 0.4) is 0 Å². The lowest BCUT2D eigenvalue weighted by atomic mass is 10.1. The van der Waals surface area contributed by atoms with Gasteiger partial charge in [0.2, 0.25) is 10.2 Å². The van der Waals surface area contributed by atoms with Gasteiger partial charge < -0.3 is 0 Å². The molecule has 0 saturated heterocycles. The van der Waals surface area contributed by atoms with E-state index in [0.717, 1.165) is 29.8 Å². The smallest absolute Gasteiger partial charge is 0.264 e. The van der Waals surface area contributed by atoms with Crippen LogP contribution in [0.15, 0.2) is 10.2 Å². The quantitative estimate of drug-likeness (QED) is 0.261. The van der Waals surface area contributed by atoms with E-state index in [1.165, 1.54) is 32.1 Å². The van der Waals surface area contributed by atoms with Crippen LogP contribution in [0.4, 0.5) is 0 Å². The maximum atomic E-state index is 12.7. The van der Waals surface area contributed by atoms with Gasteiger partial charge in [-0.1, -0.05) is 64.4 Å². The van der Waals surface area contributed by atoms with Gasteiger partial charge in [-0.3, -0.25) is 8.75 Å². The lowest BCUT2D eigenvalue weighted by Crippen LogP contribution is -2.27. The molecule has 0 saturated carbocycles. The summed E-state index contributed by atoms with van der Waals surface area (Å²) >= 11 is 10.2. The topological polar surface area (TPSA) is 22.0 Å². The van der Waals surface area contributed by atoms with Gasteiger partial charge in [0.1, 0.15) is 0 Å². The monoisotopic (exact) mass is 398 g/mol. The molecule has 128 valence electrons. The van der Waals surface area contributed by atoms with E-state index in [2.05, 4.69) is 26.2 Å². The first-order valence-corrected chi connectivity index (χ1v) is 15.1. The number of unbranched alkanes of at least 4 members (excludes halogenated alkanes) is 5. The fourth-order valence-corrected chi connectivity index (χ4v) is 14.9. The highest BCUT2D eigenvalue weighted by Gasteiger charge is 2.43. The molecule has 0 N–H and O–H groups in total. The summed E-state index contributed by atoms with van der Waals surface area (Å²) in [6.45, 7) is 7.40. The predicted octanol–water partition coefficient (Wildman–Crippen LogP) is 6.09. The molecule has 7 heteroatoms. The second-order valence-electron chi connectivity index (χ2n) is 5.14. The van der Waals surface area contributed by atoms with Crippen LogP contribution in [0.2, 0.25) is 0 Å². The Kier molecular flexibility index (Phi) is 10.9. The van der Waals surface area contributed by atoms with Crippen molar-refractivity contribution in [2.45, 2.75) is 65.8 Å². The van der Waals surface area contributed by atoms with Crippen LogP contribution in [-0.2, 0) is 6.54 Å². The molecule has 1 rings (SSSR count). The van der Waals surface area contributed by atoms with Crippen molar-refractivity contribution < 1.29 is 0 Å². The number of nitrogens with zero attached hydrogens (tertiary/aromatic N) is 1. The Morgan fingerprint density at radius 3 is 2.27 bits per heavy atom. The molecule has 0 bridgehead atoms. The summed E-state index contributed by atoms with van der Waals surface area (Å²) in [5.74, 6) is 2.02. The highest BCUT2D eigenvalue weighted by Crippen LogP contribution is 2.81. The van der Waals surface area contributed by atoms with Crippen LogP contribution >= 0.6 is 51.4 Å². The summed E-state index contributed by atoms with van der Waals surface area (Å²) < 4.78 is 1.94. The van der Waals surface area contributed by atoms with Gasteiger partial charge in [-0.2, -0.15) is 0 Å². The van der Waals surface area contributed by atoms with Crippen LogP contribution < -0.4 is 10.9 Å². The third-order valence-electron chi connectivity index (χ3n) is 3.36. The predicted molar refractivity (Wildman–Crippen MR) is 114 cm³/mol. The zero-order valence-corrected chi connectivity index (χ0v) is 18.2. The van der Waals surface area contributed by atoms with E-state index < -0.39 is 4.87 Å². The zero-order chi connectivity index (χ0) is 16.4. The Labute approximate surface area is 153 Å². The molecule has 0 fully saturated rings. The number of aryl methyl sites for hydroxylation is 1. The van der Waals surface area contributed by atoms with Gasteiger partial charge in [0, 0.05) is 53.1 Å². The molecule has 0 spiro atoms. The van der Waals surface area contributed by atoms with Gasteiger partial charge in [-0.25, -0.2) is 0 Å². The number of aromatic nitrogens is 1. The fourth-order valence-electron chi connectivity index (χ4n) is 2.24. The van der Waals surface area contributed by atoms with E-state index in [4.69, 9.17) is 12.2 Å². The van der Waals surface area contributed by atoms with Gasteiger partial charge in [0.15, 0.2) is 0 Å². The number of rotatable bonds is 12. The van der Waals surface area contributed by atoms with Crippen LogP contribution in [-0.4, -0.2) is 15.5 Å². The van der Waals surface area contributed by atoms with Gasteiger partial charge in [0.25, 0.3) is 0 Å². The molecule has 0 atom stereocenters. The molecule has 0 unspecified atom stereocenters. The van der Waals surface area contributed by atoms with E-state index in [0.29, 0.717) is 0 Å². The summed E-state index contributed by atoms with van der Waals surface area (Å²) in [5, 5.41) is 3.02. The first kappa shape index (κ1) is 21.0. The lowest BCUT2D eigenvalue weighted by Gasteiger charge is -2.13. The van der Waals surface area contributed by atoms with Crippen molar-refractivity contribution in [3.05, 3.63) is 15.7 Å². The fraction of sp³-hybridized carbons (Fsp3) is 0.800. The Hall–Kier alpha value is 0.910. The van der Waals surface area contributed by atoms with Crippen molar-refractivity contribution in [1.82, 2.24) is 3.96 Å². The van der Waals surface area contributed by atoms with E-state index in [1.54, 1.807) is 11.5 Å². The van der Waals surface area contributed by atoms with Crippen molar-refractivity contribution >= 4 is 56.7 Å². The van der Waals surface area contributed by atoms with Crippen LogP contribution in [0, 0.1) is 0 Å². The minimum Gasteiger partial charge on any atom is -0.264 e. The SMILES string of the molecule is CCCCCCCCn1scc([P+](S)(SCC)SCC)c1=O. The number of thiol groups is 1. The summed E-state index contributed by atoms with van der Waals surface area (Å²) in [7, 11) is 0.